The second-order valence-electron chi connectivity index (χ2n) is 7.46. The van der Waals surface area contributed by atoms with Crippen LogP contribution >= 0.6 is 11.6 Å². The lowest BCUT2D eigenvalue weighted by Crippen LogP contribution is -2.47. The molecule has 132 valence electrons. The lowest BCUT2D eigenvalue weighted by atomic mass is 9.88. The molecule has 1 aromatic carbocycles. The third-order valence-electron chi connectivity index (χ3n) is 5.41. The largest absolute Gasteiger partial charge is 0.354 e. The van der Waals surface area contributed by atoms with E-state index in [-0.39, 0.29) is 0 Å². The topological polar surface area (TPSA) is 32.3 Å². The number of halogens is 1. The van der Waals surface area contributed by atoms with E-state index < -0.39 is 0 Å². The lowest BCUT2D eigenvalue weighted by Gasteiger charge is -2.42. The molecule has 0 aliphatic carbocycles. The molecule has 5 heteroatoms. The number of rotatable bonds is 3. The molecule has 25 heavy (non-hydrogen) atoms. The van der Waals surface area contributed by atoms with Crippen LogP contribution in [0.2, 0.25) is 5.15 Å². The smallest absolute Gasteiger partial charge is 0.151 e. The second kappa shape index (κ2) is 7.71. The van der Waals surface area contributed by atoms with Gasteiger partial charge in [0.25, 0.3) is 0 Å². The van der Waals surface area contributed by atoms with E-state index in [1.54, 1.807) is 0 Å². The first-order chi connectivity index (χ1) is 12.3. The molecule has 2 aromatic rings. The molecular weight excluding hydrogens is 332 g/mol. The fourth-order valence-electron chi connectivity index (χ4n) is 4.31. The quantitative estimate of drug-likeness (QED) is 0.835. The van der Waals surface area contributed by atoms with Crippen molar-refractivity contribution in [3.8, 4) is 0 Å². The van der Waals surface area contributed by atoms with Crippen molar-refractivity contribution in [3.05, 3.63) is 53.2 Å². The summed E-state index contributed by atoms with van der Waals surface area (Å²) in [6, 6.07) is 14.7. The molecule has 2 bridgehead atoms. The van der Waals surface area contributed by atoms with Crippen LogP contribution < -0.4 is 4.90 Å². The maximum Gasteiger partial charge on any atom is 0.151 e. The number of hydrogen-bond acceptors (Lipinski definition) is 4. The number of nitrogens with zero attached hydrogens (tertiary/aromatic N) is 4. The van der Waals surface area contributed by atoms with E-state index in [0.29, 0.717) is 17.0 Å². The van der Waals surface area contributed by atoms with E-state index in [4.69, 9.17) is 11.6 Å². The highest BCUT2D eigenvalue weighted by Crippen LogP contribution is 2.29. The van der Waals surface area contributed by atoms with Gasteiger partial charge in [0.15, 0.2) is 11.0 Å². The molecule has 0 radical (unpaired) electrons. The standard InChI is InChI=1S/C20H25ClN4/c21-19-9-10-20(23-22-19)25-14-17-7-4-8-18(15-25)13-24(12-17)11-16-5-2-1-3-6-16/h1-3,5-6,9-10,17-18H,4,7-8,11-15H2. The van der Waals surface area contributed by atoms with E-state index >= 15 is 0 Å². The Morgan fingerprint density at radius 2 is 1.60 bits per heavy atom. The van der Waals surface area contributed by atoms with Crippen LogP contribution in [0.5, 0.6) is 0 Å². The third-order valence-corrected chi connectivity index (χ3v) is 5.61. The molecule has 4 heterocycles. The number of hydrogen-bond donors (Lipinski definition) is 0. The van der Waals surface area contributed by atoms with Crippen LogP contribution in [-0.4, -0.2) is 41.3 Å². The summed E-state index contributed by atoms with van der Waals surface area (Å²) < 4.78 is 0. The molecule has 2 unspecified atom stereocenters. The van der Waals surface area contributed by atoms with Crippen LogP contribution in [0.1, 0.15) is 24.8 Å². The van der Waals surface area contributed by atoms with Gasteiger partial charge in [-0.25, -0.2) is 0 Å². The Morgan fingerprint density at radius 3 is 2.24 bits per heavy atom. The molecule has 3 aliphatic rings. The molecule has 5 rings (SSSR count). The van der Waals surface area contributed by atoms with Crippen LogP contribution in [0.4, 0.5) is 5.82 Å². The highest BCUT2D eigenvalue weighted by Gasteiger charge is 2.29. The van der Waals surface area contributed by atoms with Crippen molar-refractivity contribution in [3.63, 3.8) is 0 Å². The molecular formula is C20H25ClN4. The fourth-order valence-corrected chi connectivity index (χ4v) is 4.41. The fraction of sp³-hybridized carbons (Fsp3) is 0.500. The van der Waals surface area contributed by atoms with Gasteiger partial charge in [-0.1, -0.05) is 48.4 Å². The molecule has 3 saturated heterocycles. The van der Waals surface area contributed by atoms with E-state index in [2.05, 4.69) is 50.3 Å². The maximum atomic E-state index is 5.90. The molecule has 0 spiro atoms. The highest BCUT2D eigenvalue weighted by molar-refractivity contribution is 6.29. The first-order valence-electron chi connectivity index (χ1n) is 9.27. The van der Waals surface area contributed by atoms with Gasteiger partial charge in [0.1, 0.15) is 0 Å². The van der Waals surface area contributed by atoms with Crippen LogP contribution in [0, 0.1) is 11.8 Å². The molecule has 3 fully saturated rings. The molecule has 0 N–H and O–H groups in total. The number of benzene rings is 1. The summed E-state index contributed by atoms with van der Waals surface area (Å²) in [6.07, 6.45) is 3.97. The maximum absolute atomic E-state index is 5.90. The lowest BCUT2D eigenvalue weighted by molar-refractivity contribution is 0.144. The molecule has 4 nitrogen and oxygen atoms in total. The normalized spacial score (nSPS) is 24.6. The predicted octanol–water partition coefficient (Wildman–Crippen LogP) is 3.87. The zero-order chi connectivity index (χ0) is 17.1. The van der Waals surface area contributed by atoms with Gasteiger partial charge < -0.3 is 4.90 Å². The Balaban J connectivity index is 1.49. The first kappa shape index (κ1) is 16.8. The SMILES string of the molecule is Clc1ccc(N2CC3CCCC(CN(Cc4ccccc4)C3)C2)nn1. The number of anilines is 1. The van der Waals surface area contributed by atoms with Gasteiger partial charge in [-0.15, -0.1) is 10.2 Å². The monoisotopic (exact) mass is 356 g/mol. The van der Waals surface area contributed by atoms with Crippen molar-refractivity contribution in [1.82, 2.24) is 15.1 Å². The molecule has 1 aromatic heterocycles. The van der Waals surface area contributed by atoms with Gasteiger partial charge in [-0.2, -0.15) is 0 Å². The van der Waals surface area contributed by atoms with E-state index in [9.17, 15) is 0 Å². The van der Waals surface area contributed by atoms with Gasteiger partial charge in [0.2, 0.25) is 0 Å². The van der Waals surface area contributed by atoms with E-state index in [1.165, 1.54) is 37.9 Å². The van der Waals surface area contributed by atoms with Crippen molar-refractivity contribution < 1.29 is 0 Å². The third kappa shape index (κ3) is 4.31. The predicted molar refractivity (Wildman–Crippen MR) is 102 cm³/mol. The Bertz CT molecular complexity index is 660. The van der Waals surface area contributed by atoms with Gasteiger partial charge in [0, 0.05) is 32.7 Å². The van der Waals surface area contributed by atoms with Gasteiger partial charge in [-0.3, -0.25) is 4.90 Å². The zero-order valence-corrected chi connectivity index (χ0v) is 15.3. The summed E-state index contributed by atoms with van der Waals surface area (Å²) in [5.41, 5.74) is 1.42. The number of fused-ring (bicyclic) bond motifs is 6. The molecule has 3 aliphatic heterocycles. The van der Waals surface area contributed by atoms with Gasteiger partial charge >= 0.3 is 0 Å². The zero-order valence-electron chi connectivity index (χ0n) is 14.5. The Morgan fingerprint density at radius 1 is 0.880 bits per heavy atom. The van der Waals surface area contributed by atoms with Crippen molar-refractivity contribution in [2.75, 3.05) is 31.1 Å². The Kier molecular flexibility index (Phi) is 5.18. The van der Waals surface area contributed by atoms with Crippen molar-refractivity contribution >= 4 is 17.4 Å². The van der Waals surface area contributed by atoms with E-state index in [1.807, 2.05) is 12.1 Å². The van der Waals surface area contributed by atoms with Crippen molar-refractivity contribution in [2.45, 2.75) is 25.8 Å². The summed E-state index contributed by atoms with van der Waals surface area (Å²) in [6.45, 7) is 5.54. The number of aromatic nitrogens is 2. The molecule has 0 saturated carbocycles. The minimum atomic E-state index is 0.463. The summed E-state index contributed by atoms with van der Waals surface area (Å²) in [5, 5.41) is 8.82. The first-order valence-corrected chi connectivity index (χ1v) is 9.64. The Labute approximate surface area is 154 Å². The summed E-state index contributed by atoms with van der Waals surface area (Å²) >= 11 is 5.90. The Hall–Kier alpha value is -1.65. The van der Waals surface area contributed by atoms with Crippen molar-refractivity contribution in [1.29, 1.82) is 0 Å². The van der Waals surface area contributed by atoms with Crippen LogP contribution in [-0.2, 0) is 6.54 Å². The highest BCUT2D eigenvalue weighted by atomic mass is 35.5. The minimum absolute atomic E-state index is 0.463. The van der Waals surface area contributed by atoms with Crippen molar-refractivity contribution in [2.24, 2.45) is 11.8 Å². The van der Waals surface area contributed by atoms with Gasteiger partial charge in [0.05, 0.1) is 0 Å². The van der Waals surface area contributed by atoms with Crippen LogP contribution in [0.25, 0.3) is 0 Å². The summed E-state index contributed by atoms with van der Waals surface area (Å²) in [5.74, 6) is 2.34. The molecule has 2 atom stereocenters. The summed E-state index contributed by atoms with van der Waals surface area (Å²) in [4.78, 5) is 5.09. The van der Waals surface area contributed by atoms with Gasteiger partial charge in [-0.05, 0) is 42.4 Å². The average molecular weight is 357 g/mol. The second-order valence-corrected chi connectivity index (χ2v) is 7.85. The molecule has 0 amide bonds. The van der Waals surface area contributed by atoms with Crippen LogP contribution in [0.15, 0.2) is 42.5 Å². The average Bonchev–Trinajstić information content (AvgIpc) is 2.57. The van der Waals surface area contributed by atoms with Crippen LogP contribution in [0.3, 0.4) is 0 Å². The van der Waals surface area contributed by atoms with E-state index in [0.717, 1.165) is 25.5 Å². The summed E-state index contributed by atoms with van der Waals surface area (Å²) in [7, 11) is 0. The minimum Gasteiger partial charge on any atom is -0.354 e.